The van der Waals surface area contributed by atoms with E-state index in [-0.39, 0.29) is 11.9 Å². The number of ether oxygens (including phenoxy) is 1. The number of rotatable bonds is 5. The molecule has 1 aliphatic rings. The molecule has 1 aliphatic heterocycles. The van der Waals surface area contributed by atoms with Crippen LogP contribution in [0.4, 0.5) is 27.9 Å². The summed E-state index contributed by atoms with van der Waals surface area (Å²) in [6, 6.07) is 14.7. The van der Waals surface area contributed by atoms with Crippen molar-refractivity contribution in [1.82, 2.24) is 9.97 Å². The van der Waals surface area contributed by atoms with Crippen LogP contribution in [0.25, 0.3) is 11.1 Å². The van der Waals surface area contributed by atoms with E-state index in [1.807, 2.05) is 18.2 Å². The van der Waals surface area contributed by atoms with Gasteiger partial charge >= 0.3 is 6.18 Å². The Hall–Kier alpha value is -3.66. The standard InChI is InChI=1S/C26H18F5N3OS/c27-17-4-1-15(2-5-17)23-11-16(26(29,30)31)3-7-20(23)21-9-10-35-24-12-19(6-8-22(21)24)36-34-25-32-13-18(28)14-33-25/h1-8,11-14,21H,9-10H2,(H,32,33,34). The Morgan fingerprint density at radius 3 is 2.31 bits per heavy atom. The molecule has 36 heavy (non-hydrogen) atoms. The summed E-state index contributed by atoms with van der Waals surface area (Å²) in [6.07, 6.45) is -1.83. The Balaban J connectivity index is 1.48. The number of hydrogen-bond donors (Lipinski definition) is 1. The van der Waals surface area contributed by atoms with Gasteiger partial charge < -0.3 is 4.74 Å². The number of hydrogen-bond acceptors (Lipinski definition) is 5. The Labute approximate surface area is 207 Å². The van der Waals surface area contributed by atoms with Crippen LogP contribution in [0.1, 0.15) is 29.0 Å². The summed E-state index contributed by atoms with van der Waals surface area (Å²) in [7, 11) is 0. The van der Waals surface area contributed by atoms with Gasteiger partial charge in [-0.3, -0.25) is 4.72 Å². The summed E-state index contributed by atoms with van der Waals surface area (Å²) >= 11 is 1.22. The number of anilines is 1. The molecule has 184 valence electrons. The molecule has 0 saturated heterocycles. The molecule has 0 saturated carbocycles. The van der Waals surface area contributed by atoms with Crippen LogP contribution >= 0.6 is 11.9 Å². The van der Waals surface area contributed by atoms with Crippen LogP contribution in [0.2, 0.25) is 0 Å². The van der Waals surface area contributed by atoms with Crippen LogP contribution < -0.4 is 9.46 Å². The minimum Gasteiger partial charge on any atom is -0.493 e. The van der Waals surface area contributed by atoms with E-state index in [0.29, 0.717) is 35.5 Å². The molecule has 4 aromatic rings. The van der Waals surface area contributed by atoms with Crippen LogP contribution in [-0.2, 0) is 6.18 Å². The second-order valence-corrected chi connectivity index (χ2v) is 9.00. The first-order valence-corrected chi connectivity index (χ1v) is 11.7. The molecule has 0 aliphatic carbocycles. The number of halogens is 5. The zero-order valence-electron chi connectivity index (χ0n) is 18.5. The van der Waals surface area contributed by atoms with Gasteiger partial charge in [-0.2, -0.15) is 13.2 Å². The molecule has 3 aromatic carbocycles. The zero-order valence-corrected chi connectivity index (χ0v) is 19.3. The van der Waals surface area contributed by atoms with Gasteiger partial charge in [-0.1, -0.05) is 24.3 Å². The largest absolute Gasteiger partial charge is 0.493 e. The minimum atomic E-state index is -4.51. The Kier molecular flexibility index (Phi) is 6.53. The van der Waals surface area contributed by atoms with Crippen LogP contribution in [0.15, 0.2) is 78.0 Å². The van der Waals surface area contributed by atoms with Gasteiger partial charge in [0.25, 0.3) is 0 Å². The summed E-state index contributed by atoms with van der Waals surface area (Å²) in [5.41, 5.74) is 1.68. The van der Waals surface area contributed by atoms with E-state index < -0.39 is 23.4 Å². The summed E-state index contributed by atoms with van der Waals surface area (Å²) in [5, 5.41) is 0. The van der Waals surface area contributed by atoms with Crippen molar-refractivity contribution in [3.05, 3.63) is 101 Å². The van der Waals surface area contributed by atoms with Crippen molar-refractivity contribution < 1.29 is 26.7 Å². The molecule has 1 atom stereocenters. The van der Waals surface area contributed by atoms with E-state index in [0.717, 1.165) is 35.0 Å². The van der Waals surface area contributed by atoms with Crippen LogP contribution in [0.5, 0.6) is 5.75 Å². The molecule has 10 heteroatoms. The third-order valence-corrected chi connectivity index (χ3v) is 6.59. The summed E-state index contributed by atoms with van der Waals surface area (Å²) in [4.78, 5) is 8.48. The predicted octanol–water partition coefficient (Wildman–Crippen LogP) is 7.47. The van der Waals surface area contributed by atoms with Gasteiger partial charge in [-0.15, -0.1) is 0 Å². The number of alkyl halides is 3. The highest BCUT2D eigenvalue weighted by molar-refractivity contribution is 8.00. The first-order chi connectivity index (χ1) is 17.3. The SMILES string of the molecule is Fc1ccc(-c2cc(C(F)(F)F)ccc2C2CCOc3cc(SNc4ncc(F)cn4)ccc32)cc1. The molecule has 1 N–H and O–H groups in total. The molecule has 0 fully saturated rings. The van der Waals surface area contributed by atoms with Crippen molar-refractivity contribution in [1.29, 1.82) is 0 Å². The number of nitrogens with one attached hydrogen (secondary N) is 1. The number of benzene rings is 3. The lowest BCUT2D eigenvalue weighted by atomic mass is 9.82. The van der Waals surface area contributed by atoms with Gasteiger partial charge in [0.2, 0.25) is 5.95 Å². The quantitative estimate of drug-likeness (QED) is 0.221. The van der Waals surface area contributed by atoms with Crippen molar-refractivity contribution in [2.24, 2.45) is 0 Å². The molecular formula is C26H18F5N3OS. The smallest absolute Gasteiger partial charge is 0.416 e. The third kappa shape index (κ3) is 5.13. The molecule has 0 amide bonds. The van der Waals surface area contributed by atoms with Gasteiger partial charge in [0.1, 0.15) is 11.6 Å². The summed E-state index contributed by atoms with van der Waals surface area (Å²) in [6.45, 7) is 0.379. The van der Waals surface area contributed by atoms with E-state index in [1.165, 1.54) is 42.3 Å². The molecule has 5 rings (SSSR count). The maximum absolute atomic E-state index is 13.5. The molecule has 0 radical (unpaired) electrons. The average Bonchev–Trinajstić information content (AvgIpc) is 2.87. The molecule has 1 aromatic heterocycles. The summed E-state index contributed by atoms with van der Waals surface area (Å²) in [5.74, 6) is -0.367. The topological polar surface area (TPSA) is 47.0 Å². The van der Waals surface area contributed by atoms with Crippen LogP contribution in [-0.4, -0.2) is 16.6 Å². The van der Waals surface area contributed by atoms with Crippen molar-refractivity contribution in [3.8, 4) is 16.9 Å². The second-order valence-electron chi connectivity index (χ2n) is 8.13. The molecule has 1 unspecified atom stereocenters. The molecule has 0 spiro atoms. The Bertz CT molecular complexity index is 1380. The number of aromatic nitrogens is 2. The fourth-order valence-corrected chi connectivity index (χ4v) is 4.76. The first-order valence-electron chi connectivity index (χ1n) is 10.9. The number of nitrogens with zero attached hydrogens (tertiary/aromatic N) is 2. The van der Waals surface area contributed by atoms with E-state index in [9.17, 15) is 22.0 Å². The lowest BCUT2D eigenvalue weighted by molar-refractivity contribution is -0.137. The Morgan fingerprint density at radius 1 is 0.861 bits per heavy atom. The molecule has 4 nitrogen and oxygen atoms in total. The summed E-state index contributed by atoms with van der Waals surface area (Å²) < 4.78 is 75.8. The van der Waals surface area contributed by atoms with Crippen LogP contribution in [0.3, 0.4) is 0 Å². The lowest BCUT2D eigenvalue weighted by Crippen LogP contribution is -2.16. The van der Waals surface area contributed by atoms with Gasteiger partial charge in [-0.05, 0) is 71.5 Å². The number of fused-ring (bicyclic) bond motifs is 1. The van der Waals surface area contributed by atoms with E-state index in [1.54, 1.807) is 0 Å². The van der Waals surface area contributed by atoms with Gasteiger partial charge in [0.15, 0.2) is 5.82 Å². The highest BCUT2D eigenvalue weighted by Crippen LogP contribution is 2.44. The zero-order chi connectivity index (χ0) is 25.3. The van der Waals surface area contributed by atoms with Gasteiger partial charge in [0.05, 0.1) is 24.6 Å². The predicted molar refractivity (Wildman–Crippen MR) is 127 cm³/mol. The van der Waals surface area contributed by atoms with Gasteiger partial charge in [0, 0.05) is 16.4 Å². The van der Waals surface area contributed by atoms with Gasteiger partial charge in [-0.25, -0.2) is 18.7 Å². The van der Waals surface area contributed by atoms with Crippen molar-refractivity contribution >= 4 is 17.9 Å². The highest BCUT2D eigenvalue weighted by Gasteiger charge is 2.33. The van der Waals surface area contributed by atoms with E-state index in [4.69, 9.17) is 4.74 Å². The molecule has 2 heterocycles. The van der Waals surface area contributed by atoms with Crippen LogP contribution in [0, 0.1) is 11.6 Å². The van der Waals surface area contributed by atoms with Crippen molar-refractivity contribution in [3.63, 3.8) is 0 Å². The average molecular weight is 516 g/mol. The fourth-order valence-electron chi connectivity index (χ4n) is 4.14. The first kappa shape index (κ1) is 24.1. The maximum Gasteiger partial charge on any atom is 0.416 e. The second kappa shape index (κ2) is 9.77. The van der Waals surface area contributed by atoms with E-state index >= 15 is 0 Å². The lowest BCUT2D eigenvalue weighted by Gasteiger charge is -2.29. The minimum absolute atomic E-state index is 0.219. The third-order valence-electron chi connectivity index (χ3n) is 5.82. The normalized spacial score (nSPS) is 15.2. The maximum atomic E-state index is 13.5. The van der Waals surface area contributed by atoms with Crippen molar-refractivity contribution in [2.45, 2.75) is 23.4 Å². The Morgan fingerprint density at radius 2 is 1.58 bits per heavy atom. The van der Waals surface area contributed by atoms with E-state index in [2.05, 4.69) is 14.7 Å². The molecular weight excluding hydrogens is 497 g/mol. The monoisotopic (exact) mass is 515 g/mol. The molecule has 0 bridgehead atoms. The van der Waals surface area contributed by atoms with Crippen molar-refractivity contribution in [2.75, 3.05) is 11.3 Å². The highest BCUT2D eigenvalue weighted by atomic mass is 32.2. The fraction of sp³-hybridized carbons (Fsp3) is 0.154.